The van der Waals surface area contributed by atoms with Gasteiger partial charge in [0.15, 0.2) is 23.1 Å². The summed E-state index contributed by atoms with van der Waals surface area (Å²) in [4.78, 5) is 20.5. The van der Waals surface area contributed by atoms with Gasteiger partial charge in [-0.05, 0) is 30.0 Å². The molecule has 0 radical (unpaired) electrons. The third-order valence-electron chi connectivity index (χ3n) is 7.01. The number of nitrogens with two attached hydrogens (primary N) is 1. The van der Waals surface area contributed by atoms with E-state index in [4.69, 9.17) is 24.9 Å². The van der Waals surface area contributed by atoms with Crippen LogP contribution in [0, 0.1) is 16.7 Å². The van der Waals surface area contributed by atoms with Crippen molar-refractivity contribution in [2.24, 2.45) is 16.1 Å². The molecule has 3 aliphatic rings. The molecule has 0 spiro atoms. The molecule has 8 nitrogen and oxygen atoms in total. The third-order valence-corrected chi connectivity index (χ3v) is 7.01. The monoisotopic (exact) mass is 484 g/mol. The van der Waals surface area contributed by atoms with Gasteiger partial charge in [0.1, 0.15) is 11.6 Å². The van der Waals surface area contributed by atoms with Crippen LogP contribution >= 0.6 is 0 Å². The number of fused-ring (bicyclic) bond motifs is 4. The quantitative estimate of drug-likeness (QED) is 0.684. The molecule has 0 aromatic heterocycles. The zero-order valence-corrected chi connectivity index (χ0v) is 21.0. The van der Waals surface area contributed by atoms with Gasteiger partial charge in [0.2, 0.25) is 0 Å². The number of ether oxygens (including phenoxy) is 3. The number of hydrogen-bond donors (Lipinski definition) is 1. The molecule has 5 rings (SSSR count). The Bertz CT molecular complexity index is 1430. The molecule has 2 heterocycles. The van der Waals surface area contributed by atoms with Gasteiger partial charge in [0.05, 0.1) is 44.6 Å². The molecule has 0 saturated carbocycles. The fourth-order valence-corrected chi connectivity index (χ4v) is 5.48. The number of ketones is 1. The summed E-state index contributed by atoms with van der Waals surface area (Å²) >= 11 is 0. The molecule has 1 aliphatic carbocycles. The smallest absolute Gasteiger partial charge is 0.164 e. The number of nitrogens with zero attached hydrogens (tertiary/aromatic N) is 3. The van der Waals surface area contributed by atoms with E-state index in [0.29, 0.717) is 58.5 Å². The van der Waals surface area contributed by atoms with Crippen molar-refractivity contribution in [1.29, 1.82) is 5.26 Å². The number of Topliss-reactive ketones (excluding diaryl/α,β-unsaturated/α-hetero) is 1. The van der Waals surface area contributed by atoms with E-state index in [1.165, 1.54) is 0 Å². The number of anilines is 1. The van der Waals surface area contributed by atoms with Crippen LogP contribution in [0.15, 0.2) is 64.1 Å². The van der Waals surface area contributed by atoms with Crippen LogP contribution in [0.3, 0.4) is 0 Å². The van der Waals surface area contributed by atoms with E-state index in [-0.39, 0.29) is 11.2 Å². The van der Waals surface area contributed by atoms with E-state index in [2.05, 4.69) is 19.9 Å². The van der Waals surface area contributed by atoms with Crippen molar-refractivity contribution in [3.8, 4) is 23.3 Å². The number of carbonyl (C=O) groups excluding carboxylic acids is 1. The maximum atomic E-state index is 13.8. The molecule has 36 heavy (non-hydrogen) atoms. The highest BCUT2D eigenvalue weighted by Gasteiger charge is 2.47. The molecule has 0 bridgehead atoms. The van der Waals surface area contributed by atoms with Crippen molar-refractivity contribution >= 4 is 17.3 Å². The molecule has 0 unspecified atom stereocenters. The van der Waals surface area contributed by atoms with E-state index in [1.807, 2.05) is 29.2 Å². The second kappa shape index (κ2) is 8.45. The summed E-state index contributed by atoms with van der Waals surface area (Å²) in [7, 11) is 4.64. The second-order valence-electron chi connectivity index (χ2n) is 9.88. The minimum Gasteiger partial charge on any atom is -0.496 e. The largest absolute Gasteiger partial charge is 0.496 e. The lowest BCUT2D eigenvalue weighted by molar-refractivity contribution is -0.118. The zero-order chi connectivity index (χ0) is 25.8. The van der Waals surface area contributed by atoms with Gasteiger partial charge >= 0.3 is 0 Å². The summed E-state index contributed by atoms with van der Waals surface area (Å²) in [5.74, 6) is 1.50. The van der Waals surface area contributed by atoms with Crippen LogP contribution in [-0.2, 0) is 4.79 Å². The van der Waals surface area contributed by atoms with Crippen LogP contribution in [0.5, 0.6) is 17.2 Å². The predicted octanol–water partition coefficient (Wildman–Crippen LogP) is 4.41. The van der Waals surface area contributed by atoms with Gasteiger partial charge in [-0.1, -0.05) is 26.0 Å². The summed E-state index contributed by atoms with van der Waals surface area (Å²) in [6.45, 7) is 4.16. The Balaban J connectivity index is 1.87. The number of para-hydroxylation sites is 1. The molecule has 2 N–H and O–H groups in total. The number of aliphatic imine (C=N–C) groups is 1. The minimum absolute atomic E-state index is 0.00473. The number of nitriles is 1. The van der Waals surface area contributed by atoms with Crippen molar-refractivity contribution in [2.45, 2.75) is 32.6 Å². The maximum absolute atomic E-state index is 13.8. The Labute approximate surface area is 210 Å². The highest BCUT2D eigenvalue weighted by molar-refractivity contribution is 6.08. The molecular weight excluding hydrogens is 456 g/mol. The van der Waals surface area contributed by atoms with E-state index < -0.39 is 5.92 Å². The first-order valence-electron chi connectivity index (χ1n) is 11.7. The molecule has 2 aliphatic heterocycles. The molecule has 0 amide bonds. The van der Waals surface area contributed by atoms with Gasteiger partial charge in [-0.3, -0.25) is 9.69 Å². The summed E-state index contributed by atoms with van der Waals surface area (Å²) < 4.78 is 16.8. The van der Waals surface area contributed by atoms with Crippen molar-refractivity contribution < 1.29 is 19.0 Å². The topological polar surface area (TPSA) is 110 Å². The van der Waals surface area contributed by atoms with Crippen LogP contribution < -0.4 is 24.8 Å². The summed E-state index contributed by atoms with van der Waals surface area (Å²) in [6.07, 6.45) is 0.999. The lowest BCUT2D eigenvalue weighted by Crippen LogP contribution is -2.42. The summed E-state index contributed by atoms with van der Waals surface area (Å²) in [5, 5.41) is 10.5. The van der Waals surface area contributed by atoms with Crippen LogP contribution in [0.25, 0.3) is 0 Å². The normalized spacial score (nSPS) is 20.1. The number of allylic oxidation sites excluding steroid dienone is 3. The number of rotatable bonds is 4. The Morgan fingerprint density at radius 2 is 1.72 bits per heavy atom. The molecule has 0 saturated heterocycles. The molecule has 0 fully saturated rings. The predicted molar refractivity (Wildman–Crippen MR) is 136 cm³/mol. The van der Waals surface area contributed by atoms with Gasteiger partial charge < -0.3 is 19.9 Å². The summed E-state index contributed by atoms with van der Waals surface area (Å²) in [5.41, 5.74) is 10.0. The molecule has 2 aromatic carbocycles. The minimum atomic E-state index is -0.698. The number of benzene rings is 2. The SMILES string of the molecule is COc1cc(OC)c([C@H]2C(C#N)=C3N=C(N)c4ccccc4N3C3=C2C(=O)CC(C)(C)C3)cc1OC. The van der Waals surface area contributed by atoms with Crippen molar-refractivity contribution in [2.75, 3.05) is 26.2 Å². The average Bonchev–Trinajstić information content (AvgIpc) is 2.86. The molecule has 1 atom stereocenters. The Morgan fingerprint density at radius 3 is 2.39 bits per heavy atom. The molecule has 184 valence electrons. The maximum Gasteiger partial charge on any atom is 0.164 e. The van der Waals surface area contributed by atoms with E-state index in [9.17, 15) is 10.1 Å². The Hall–Kier alpha value is -4.25. The first-order chi connectivity index (χ1) is 17.2. The first-order valence-corrected chi connectivity index (χ1v) is 11.7. The van der Waals surface area contributed by atoms with Crippen LogP contribution in [0.1, 0.15) is 43.7 Å². The molecule has 8 heteroatoms. The van der Waals surface area contributed by atoms with Gasteiger partial charge in [-0.2, -0.15) is 5.26 Å². The van der Waals surface area contributed by atoms with E-state index in [1.54, 1.807) is 33.5 Å². The van der Waals surface area contributed by atoms with Crippen molar-refractivity contribution in [3.05, 3.63) is 70.2 Å². The Morgan fingerprint density at radius 1 is 1.06 bits per heavy atom. The van der Waals surface area contributed by atoms with Gasteiger partial charge in [0.25, 0.3) is 0 Å². The van der Waals surface area contributed by atoms with Crippen LogP contribution in [-0.4, -0.2) is 32.9 Å². The second-order valence-corrected chi connectivity index (χ2v) is 9.88. The van der Waals surface area contributed by atoms with Gasteiger partial charge in [-0.15, -0.1) is 0 Å². The summed E-state index contributed by atoms with van der Waals surface area (Å²) in [6, 6.07) is 13.5. The highest BCUT2D eigenvalue weighted by Crippen LogP contribution is 2.54. The fourth-order valence-electron chi connectivity index (χ4n) is 5.48. The number of hydrogen-bond acceptors (Lipinski definition) is 8. The Kier molecular flexibility index (Phi) is 5.51. The van der Waals surface area contributed by atoms with Crippen molar-refractivity contribution in [3.63, 3.8) is 0 Å². The highest BCUT2D eigenvalue weighted by atomic mass is 16.5. The zero-order valence-electron chi connectivity index (χ0n) is 21.0. The standard InChI is InChI=1S/C28H28N4O4/c1-28(2)12-19-25(20(33)13-28)24(16-10-22(35-4)23(36-5)11-21(16)34-3)17(14-29)27-31-26(30)15-8-6-7-9-18(15)32(19)27/h6-11,24H,12-13H2,1-5H3,(H2,30,31)/t24-/m0/s1. The lowest BCUT2D eigenvalue weighted by Gasteiger charge is -2.45. The lowest BCUT2D eigenvalue weighted by atomic mass is 9.68. The van der Waals surface area contributed by atoms with E-state index >= 15 is 0 Å². The third kappa shape index (κ3) is 3.42. The molecule has 2 aromatic rings. The number of carbonyl (C=O) groups is 1. The van der Waals surface area contributed by atoms with Gasteiger partial charge in [-0.25, -0.2) is 4.99 Å². The fraction of sp³-hybridized carbons (Fsp3) is 0.321. The average molecular weight is 485 g/mol. The number of methoxy groups -OCH3 is 3. The van der Waals surface area contributed by atoms with Crippen LogP contribution in [0.2, 0.25) is 0 Å². The molecular formula is C28H28N4O4. The first kappa shape index (κ1) is 23.5. The van der Waals surface area contributed by atoms with Crippen molar-refractivity contribution in [1.82, 2.24) is 0 Å². The van der Waals surface area contributed by atoms with Gasteiger partial charge in [0, 0.05) is 34.9 Å². The number of amidine groups is 1. The van der Waals surface area contributed by atoms with E-state index in [0.717, 1.165) is 16.9 Å². The van der Waals surface area contributed by atoms with Crippen LogP contribution in [0.4, 0.5) is 5.69 Å².